The molecule has 0 radical (unpaired) electrons. The van der Waals surface area contributed by atoms with Gasteiger partial charge in [0.1, 0.15) is 0 Å². The molecule has 106 valence electrons. The number of guanidine groups is 1. The average Bonchev–Trinajstić information content (AvgIpc) is 2.35. The Labute approximate surface area is 111 Å². The van der Waals surface area contributed by atoms with Gasteiger partial charge < -0.3 is 15.4 Å². The molecule has 0 unspecified atom stereocenters. The van der Waals surface area contributed by atoms with Crippen molar-refractivity contribution in [2.45, 2.75) is 33.2 Å². The van der Waals surface area contributed by atoms with Crippen molar-refractivity contribution in [3.63, 3.8) is 0 Å². The second kappa shape index (κ2) is 9.16. The smallest absolute Gasteiger partial charge is 0.191 e. The summed E-state index contributed by atoms with van der Waals surface area (Å²) in [6.07, 6.45) is 1.11. The molecule has 1 rings (SSSR count). The lowest BCUT2D eigenvalue weighted by molar-refractivity contribution is 0.0377. The monoisotopic (exact) mass is 256 g/mol. The van der Waals surface area contributed by atoms with Gasteiger partial charge in [-0.1, -0.05) is 0 Å². The highest BCUT2D eigenvalue weighted by Crippen LogP contribution is 1.98. The van der Waals surface area contributed by atoms with Crippen molar-refractivity contribution in [1.82, 2.24) is 15.5 Å². The molecule has 1 aliphatic heterocycles. The molecule has 0 saturated carbocycles. The topological polar surface area (TPSA) is 48.9 Å². The molecule has 2 N–H and O–H groups in total. The Hall–Kier alpha value is -0.810. The van der Waals surface area contributed by atoms with Crippen LogP contribution in [0.3, 0.4) is 0 Å². The molecular formula is C13H28N4O. The molecule has 1 aliphatic rings. The minimum absolute atomic E-state index is 0.419. The number of hydrogen-bond donors (Lipinski definition) is 2. The van der Waals surface area contributed by atoms with Crippen molar-refractivity contribution in [2.75, 3.05) is 45.9 Å². The second-order valence-electron chi connectivity index (χ2n) is 4.87. The lowest BCUT2D eigenvalue weighted by atomic mass is 10.3. The van der Waals surface area contributed by atoms with E-state index in [4.69, 9.17) is 4.74 Å². The molecular weight excluding hydrogens is 228 g/mol. The van der Waals surface area contributed by atoms with Crippen LogP contribution in [0.2, 0.25) is 0 Å². The molecule has 1 fully saturated rings. The van der Waals surface area contributed by atoms with Crippen LogP contribution in [0.4, 0.5) is 0 Å². The maximum Gasteiger partial charge on any atom is 0.191 e. The summed E-state index contributed by atoms with van der Waals surface area (Å²) in [5.74, 6) is 0.925. The number of ether oxygens (including phenoxy) is 1. The maximum atomic E-state index is 5.33. The Bertz CT molecular complexity index is 237. The fourth-order valence-electron chi connectivity index (χ4n) is 1.90. The molecule has 0 atom stereocenters. The zero-order valence-electron chi connectivity index (χ0n) is 12.0. The van der Waals surface area contributed by atoms with Crippen LogP contribution in [0.1, 0.15) is 27.2 Å². The van der Waals surface area contributed by atoms with Gasteiger partial charge in [-0.05, 0) is 27.2 Å². The number of rotatable bonds is 6. The number of aliphatic imine (C=N–C) groups is 1. The highest BCUT2D eigenvalue weighted by Gasteiger charge is 2.08. The van der Waals surface area contributed by atoms with Crippen LogP contribution in [0.25, 0.3) is 0 Å². The van der Waals surface area contributed by atoms with Crippen LogP contribution in [0.15, 0.2) is 4.99 Å². The van der Waals surface area contributed by atoms with Crippen molar-refractivity contribution in [3.8, 4) is 0 Å². The van der Waals surface area contributed by atoms with E-state index < -0.39 is 0 Å². The zero-order chi connectivity index (χ0) is 13.2. The van der Waals surface area contributed by atoms with E-state index in [0.717, 1.165) is 58.3 Å². The summed E-state index contributed by atoms with van der Waals surface area (Å²) in [5.41, 5.74) is 0. The Balaban J connectivity index is 2.18. The van der Waals surface area contributed by atoms with Gasteiger partial charge in [-0.25, -0.2) is 0 Å². The fourth-order valence-corrected chi connectivity index (χ4v) is 1.90. The molecule has 1 saturated heterocycles. The summed E-state index contributed by atoms with van der Waals surface area (Å²) in [4.78, 5) is 7.02. The van der Waals surface area contributed by atoms with E-state index in [0.29, 0.717) is 6.04 Å². The first-order chi connectivity index (χ1) is 8.72. The Kier molecular flexibility index (Phi) is 7.76. The Morgan fingerprint density at radius 1 is 1.33 bits per heavy atom. The molecule has 0 aromatic rings. The van der Waals surface area contributed by atoms with Crippen LogP contribution < -0.4 is 10.6 Å². The van der Waals surface area contributed by atoms with Crippen molar-refractivity contribution in [3.05, 3.63) is 0 Å². The van der Waals surface area contributed by atoms with Crippen molar-refractivity contribution < 1.29 is 4.74 Å². The van der Waals surface area contributed by atoms with Gasteiger partial charge >= 0.3 is 0 Å². The quantitative estimate of drug-likeness (QED) is 0.417. The van der Waals surface area contributed by atoms with E-state index in [2.05, 4.69) is 41.3 Å². The first-order valence-electron chi connectivity index (χ1n) is 7.07. The molecule has 0 spiro atoms. The van der Waals surface area contributed by atoms with Crippen molar-refractivity contribution >= 4 is 5.96 Å². The lowest BCUT2D eigenvalue weighted by Gasteiger charge is -2.26. The summed E-state index contributed by atoms with van der Waals surface area (Å²) in [6.45, 7) is 13.1. The van der Waals surface area contributed by atoms with Gasteiger partial charge in [0.15, 0.2) is 5.96 Å². The molecule has 1 heterocycles. The van der Waals surface area contributed by atoms with Gasteiger partial charge in [-0.3, -0.25) is 9.89 Å². The normalized spacial score (nSPS) is 18.1. The van der Waals surface area contributed by atoms with Crippen molar-refractivity contribution in [2.24, 2.45) is 4.99 Å². The van der Waals surface area contributed by atoms with Gasteiger partial charge in [0.25, 0.3) is 0 Å². The van der Waals surface area contributed by atoms with Crippen LogP contribution >= 0.6 is 0 Å². The van der Waals surface area contributed by atoms with Crippen LogP contribution in [0.5, 0.6) is 0 Å². The molecule has 5 nitrogen and oxygen atoms in total. The van der Waals surface area contributed by atoms with E-state index in [1.165, 1.54) is 0 Å². The third-order valence-corrected chi connectivity index (χ3v) is 2.78. The predicted molar refractivity (Wildman–Crippen MR) is 76.1 cm³/mol. The van der Waals surface area contributed by atoms with Crippen LogP contribution in [-0.4, -0.2) is 62.8 Å². The van der Waals surface area contributed by atoms with Crippen molar-refractivity contribution in [1.29, 1.82) is 0 Å². The molecule has 0 aliphatic carbocycles. The first-order valence-corrected chi connectivity index (χ1v) is 7.07. The van der Waals surface area contributed by atoms with Crippen LogP contribution in [-0.2, 0) is 4.74 Å². The molecule has 0 aromatic heterocycles. The third-order valence-electron chi connectivity index (χ3n) is 2.78. The summed E-state index contributed by atoms with van der Waals surface area (Å²) in [7, 11) is 0. The summed E-state index contributed by atoms with van der Waals surface area (Å²) < 4.78 is 5.33. The van der Waals surface area contributed by atoms with Gasteiger partial charge in [-0.15, -0.1) is 0 Å². The largest absolute Gasteiger partial charge is 0.379 e. The van der Waals surface area contributed by atoms with E-state index in [-0.39, 0.29) is 0 Å². The number of nitrogens with zero attached hydrogens (tertiary/aromatic N) is 2. The third kappa shape index (κ3) is 6.81. The minimum atomic E-state index is 0.419. The summed E-state index contributed by atoms with van der Waals surface area (Å²) in [6, 6.07) is 0.419. The first kappa shape index (κ1) is 15.2. The zero-order valence-corrected chi connectivity index (χ0v) is 12.0. The summed E-state index contributed by atoms with van der Waals surface area (Å²) in [5, 5.41) is 6.58. The molecule has 18 heavy (non-hydrogen) atoms. The van der Waals surface area contributed by atoms with E-state index in [1.54, 1.807) is 0 Å². The van der Waals surface area contributed by atoms with E-state index >= 15 is 0 Å². The standard InChI is InChI=1S/C13H28N4O/c1-4-14-13(16-12(2)3)15-6-5-7-17-8-10-18-11-9-17/h12H,4-11H2,1-3H3,(H2,14,15,16). The Morgan fingerprint density at radius 3 is 2.67 bits per heavy atom. The van der Waals surface area contributed by atoms with Crippen LogP contribution in [0, 0.1) is 0 Å². The molecule has 0 aromatic carbocycles. The van der Waals surface area contributed by atoms with Gasteiger partial charge in [0.2, 0.25) is 0 Å². The molecule has 5 heteroatoms. The molecule has 0 amide bonds. The number of hydrogen-bond acceptors (Lipinski definition) is 3. The van der Waals surface area contributed by atoms with Gasteiger partial charge in [0, 0.05) is 38.8 Å². The van der Waals surface area contributed by atoms with Gasteiger partial charge in [0.05, 0.1) is 13.2 Å². The highest BCUT2D eigenvalue weighted by molar-refractivity contribution is 5.79. The summed E-state index contributed by atoms with van der Waals surface area (Å²) >= 11 is 0. The predicted octanol–water partition coefficient (Wildman–Crippen LogP) is 0.672. The minimum Gasteiger partial charge on any atom is -0.379 e. The SMILES string of the molecule is CCNC(=NCCCN1CCOCC1)NC(C)C. The molecule has 0 bridgehead atoms. The Morgan fingerprint density at radius 2 is 2.06 bits per heavy atom. The fraction of sp³-hybridized carbons (Fsp3) is 0.923. The van der Waals surface area contributed by atoms with E-state index in [9.17, 15) is 0 Å². The number of morpholine rings is 1. The lowest BCUT2D eigenvalue weighted by Crippen LogP contribution is -2.41. The number of nitrogens with one attached hydrogen (secondary N) is 2. The second-order valence-corrected chi connectivity index (χ2v) is 4.87. The van der Waals surface area contributed by atoms with E-state index in [1.807, 2.05) is 0 Å². The highest BCUT2D eigenvalue weighted by atomic mass is 16.5. The maximum absolute atomic E-state index is 5.33. The van der Waals surface area contributed by atoms with Gasteiger partial charge in [-0.2, -0.15) is 0 Å². The average molecular weight is 256 g/mol.